The molecule has 6 nitrogen and oxygen atoms in total. The Morgan fingerprint density at radius 3 is 2.55 bits per heavy atom. The van der Waals surface area contributed by atoms with Gasteiger partial charge in [0.15, 0.2) is 0 Å². The highest BCUT2D eigenvalue weighted by Crippen LogP contribution is 2.12. The molecule has 0 fully saturated rings. The summed E-state index contributed by atoms with van der Waals surface area (Å²) < 4.78 is 0. The molecule has 1 rings (SSSR count). The fourth-order valence-corrected chi connectivity index (χ4v) is 0.647. The van der Waals surface area contributed by atoms with E-state index in [2.05, 4.69) is 9.97 Å². The molecular formula is C5H9N5O. The van der Waals surface area contributed by atoms with Crippen molar-refractivity contribution < 1.29 is 5.11 Å². The summed E-state index contributed by atoms with van der Waals surface area (Å²) in [5.74, 6) is 0.166. The number of nitrogens with two attached hydrogens (primary N) is 3. The highest BCUT2D eigenvalue weighted by molar-refractivity contribution is 5.42. The van der Waals surface area contributed by atoms with Gasteiger partial charge in [-0.3, -0.25) is 0 Å². The molecule has 0 aromatic carbocycles. The first-order chi connectivity index (χ1) is 5.11. The number of hydrogen-bond acceptors (Lipinski definition) is 6. The lowest BCUT2D eigenvalue weighted by molar-refractivity contribution is 0.186. The first kappa shape index (κ1) is 7.70. The zero-order valence-corrected chi connectivity index (χ0v) is 5.73. The van der Waals surface area contributed by atoms with E-state index in [-0.39, 0.29) is 17.3 Å². The molecule has 1 unspecified atom stereocenters. The van der Waals surface area contributed by atoms with Crippen LogP contribution in [0.1, 0.15) is 11.8 Å². The van der Waals surface area contributed by atoms with Crippen LogP contribution in [0.4, 0.5) is 11.8 Å². The Bertz CT molecular complexity index is 261. The molecule has 1 aromatic rings. The number of aliphatic hydroxyl groups excluding tert-OH is 1. The van der Waals surface area contributed by atoms with Gasteiger partial charge in [-0.15, -0.1) is 0 Å². The lowest BCUT2D eigenvalue weighted by Gasteiger charge is -2.05. The van der Waals surface area contributed by atoms with Gasteiger partial charge in [0.2, 0.25) is 5.95 Å². The highest BCUT2D eigenvalue weighted by atomic mass is 16.3. The zero-order chi connectivity index (χ0) is 8.43. The number of aliphatic hydroxyl groups is 1. The van der Waals surface area contributed by atoms with Crippen LogP contribution in [0, 0.1) is 0 Å². The van der Waals surface area contributed by atoms with Crippen LogP contribution in [0.2, 0.25) is 0 Å². The van der Waals surface area contributed by atoms with Gasteiger partial charge in [0.25, 0.3) is 0 Å². The van der Waals surface area contributed by atoms with Gasteiger partial charge >= 0.3 is 0 Å². The first-order valence-electron chi connectivity index (χ1n) is 2.93. The zero-order valence-electron chi connectivity index (χ0n) is 5.73. The topological polar surface area (TPSA) is 124 Å². The second-order valence-electron chi connectivity index (χ2n) is 2.01. The third-order valence-electron chi connectivity index (χ3n) is 1.19. The summed E-state index contributed by atoms with van der Waals surface area (Å²) >= 11 is 0. The molecule has 60 valence electrons. The summed E-state index contributed by atoms with van der Waals surface area (Å²) in [6, 6.07) is 0. The van der Waals surface area contributed by atoms with Gasteiger partial charge in [-0.05, 0) is 0 Å². The standard InChI is InChI=1S/C5H9N5O/c6-3-2(4(7)11)1-9-5(8)10-3/h1,4,11H,7H2,(H4,6,8,9,10). The molecule has 1 heterocycles. The summed E-state index contributed by atoms with van der Waals surface area (Å²) in [5, 5.41) is 8.87. The fourth-order valence-electron chi connectivity index (χ4n) is 0.647. The first-order valence-corrected chi connectivity index (χ1v) is 2.93. The molecule has 0 saturated heterocycles. The maximum atomic E-state index is 8.87. The van der Waals surface area contributed by atoms with E-state index in [9.17, 15) is 0 Å². The predicted octanol–water partition coefficient (Wildman–Crippen LogP) is -1.41. The van der Waals surface area contributed by atoms with E-state index in [4.69, 9.17) is 22.3 Å². The van der Waals surface area contributed by atoms with Crippen LogP contribution < -0.4 is 17.2 Å². The summed E-state index contributed by atoms with van der Waals surface area (Å²) in [6.45, 7) is 0. The maximum absolute atomic E-state index is 8.87. The van der Waals surface area contributed by atoms with Crippen LogP contribution in [0.5, 0.6) is 0 Å². The second-order valence-corrected chi connectivity index (χ2v) is 2.01. The monoisotopic (exact) mass is 155 g/mol. The Balaban J connectivity index is 3.09. The molecule has 1 aromatic heterocycles. The molecule has 11 heavy (non-hydrogen) atoms. The van der Waals surface area contributed by atoms with E-state index in [0.29, 0.717) is 0 Å². The summed E-state index contributed by atoms with van der Waals surface area (Å²) in [5.41, 5.74) is 16.0. The van der Waals surface area contributed by atoms with Crippen LogP contribution in [0.15, 0.2) is 6.20 Å². The maximum Gasteiger partial charge on any atom is 0.221 e. The Morgan fingerprint density at radius 2 is 2.09 bits per heavy atom. The molecule has 0 amide bonds. The molecule has 6 heteroatoms. The second kappa shape index (κ2) is 2.69. The predicted molar refractivity (Wildman–Crippen MR) is 40.0 cm³/mol. The average molecular weight is 155 g/mol. The summed E-state index contributed by atoms with van der Waals surface area (Å²) in [4.78, 5) is 7.21. The van der Waals surface area contributed by atoms with E-state index in [1.165, 1.54) is 6.20 Å². The van der Waals surface area contributed by atoms with Crippen molar-refractivity contribution in [3.05, 3.63) is 11.8 Å². The SMILES string of the molecule is Nc1ncc(C(N)O)c(N)n1. The molecule has 0 saturated carbocycles. The molecule has 0 radical (unpaired) electrons. The summed E-state index contributed by atoms with van der Waals surface area (Å²) in [6.07, 6.45) is 0.137. The largest absolute Gasteiger partial charge is 0.383 e. The van der Waals surface area contributed by atoms with Gasteiger partial charge in [-0.2, -0.15) is 4.98 Å². The van der Waals surface area contributed by atoms with Crippen molar-refractivity contribution in [1.29, 1.82) is 0 Å². The van der Waals surface area contributed by atoms with Crippen molar-refractivity contribution in [2.75, 3.05) is 11.5 Å². The van der Waals surface area contributed by atoms with Crippen molar-refractivity contribution in [1.82, 2.24) is 9.97 Å². The van der Waals surface area contributed by atoms with E-state index in [1.807, 2.05) is 0 Å². The lowest BCUT2D eigenvalue weighted by atomic mass is 10.3. The van der Waals surface area contributed by atoms with Crippen LogP contribution in [-0.2, 0) is 0 Å². The molecule has 0 spiro atoms. The molecule has 7 N–H and O–H groups in total. The minimum Gasteiger partial charge on any atom is -0.383 e. The van der Waals surface area contributed by atoms with Crippen LogP contribution >= 0.6 is 0 Å². The van der Waals surface area contributed by atoms with E-state index < -0.39 is 6.23 Å². The van der Waals surface area contributed by atoms with Gasteiger partial charge in [0, 0.05) is 6.20 Å². The number of nitrogen functional groups attached to an aromatic ring is 2. The Morgan fingerprint density at radius 1 is 1.45 bits per heavy atom. The van der Waals surface area contributed by atoms with E-state index in [1.54, 1.807) is 0 Å². The van der Waals surface area contributed by atoms with Crippen molar-refractivity contribution in [2.24, 2.45) is 5.73 Å². The number of anilines is 2. The molecular weight excluding hydrogens is 146 g/mol. The van der Waals surface area contributed by atoms with Crippen molar-refractivity contribution in [3.63, 3.8) is 0 Å². The van der Waals surface area contributed by atoms with Gasteiger partial charge in [0.05, 0.1) is 5.56 Å². The van der Waals surface area contributed by atoms with Crippen LogP contribution in [-0.4, -0.2) is 15.1 Å². The van der Waals surface area contributed by atoms with Crippen molar-refractivity contribution in [3.8, 4) is 0 Å². The number of hydrogen-bond donors (Lipinski definition) is 4. The highest BCUT2D eigenvalue weighted by Gasteiger charge is 2.07. The molecule has 0 bridgehead atoms. The fraction of sp³-hybridized carbons (Fsp3) is 0.200. The number of rotatable bonds is 1. The van der Waals surface area contributed by atoms with E-state index in [0.717, 1.165) is 0 Å². The molecule has 0 aliphatic rings. The van der Waals surface area contributed by atoms with Crippen LogP contribution in [0.25, 0.3) is 0 Å². The Kier molecular flexibility index (Phi) is 1.88. The molecule has 1 atom stereocenters. The van der Waals surface area contributed by atoms with Gasteiger partial charge in [-0.1, -0.05) is 0 Å². The van der Waals surface area contributed by atoms with Crippen molar-refractivity contribution >= 4 is 11.8 Å². The Hall–Kier alpha value is -1.40. The van der Waals surface area contributed by atoms with Crippen molar-refractivity contribution in [2.45, 2.75) is 6.23 Å². The minimum absolute atomic E-state index is 0.0619. The third kappa shape index (κ3) is 1.54. The molecule has 0 aliphatic carbocycles. The van der Waals surface area contributed by atoms with Gasteiger partial charge < -0.3 is 22.3 Å². The average Bonchev–Trinajstić information content (AvgIpc) is 1.85. The van der Waals surface area contributed by atoms with Gasteiger partial charge in [-0.25, -0.2) is 4.98 Å². The van der Waals surface area contributed by atoms with Crippen LogP contribution in [0.3, 0.4) is 0 Å². The lowest BCUT2D eigenvalue weighted by Crippen LogP contribution is -2.13. The minimum atomic E-state index is -1.16. The van der Waals surface area contributed by atoms with Gasteiger partial charge in [0.1, 0.15) is 12.0 Å². The quantitative estimate of drug-likeness (QED) is 0.369. The summed E-state index contributed by atoms with van der Waals surface area (Å²) in [7, 11) is 0. The normalized spacial score (nSPS) is 12.9. The smallest absolute Gasteiger partial charge is 0.221 e. The third-order valence-corrected chi connectivity index (χ3v) is 1.19. The number of aromatic nitrogens is 2. The molecule has 0 aliphatic heterocycles. The Labute approximate surface area is 63.0 Å². The van der Waals surface area contributed by atoms with E-state index >= 15 is 0 Å². The number of nitrogens with zero attached hydrogens (tertiary/aromatic N) is 2.